The maximum absolute atomic E-state index is 11.3. The largest absolute Gasteiger partial charge is 0.462 e. The molecule has 0 aliphatic heterocycles. The number of hydrogen-bond donors (Lipinski definition) is 0. The van der Waals surface area contributed by atoms with Gasteiger partial charge in [0.2, 0.25) is 0 Å². The van der Waals surface area contributed by atoms with Crippen LogP contribution >= 0.6 is 11.8 Å². The van der Waals surface area contributed by atoms with Gasteiger partial charge in [0.1, 0.15) is 0 Å². The van der Waals surface area contributed by atoms with Gasteiger partial charge in [0, 0.05) is 5.75 Å². The third-order valence-electron chi connectivity index (χ3n) is 1.98. The Bertz CT molecular complexity index is 330. The van der Waals surface area contributed by atoms with Gasteiger partial charge in [0.25, 0.3) is 0 Å². The van der Waals surface area contributed by atoms with Crippen molar-refractivity contribution in [2.24, 2.45) is 0 Å². The summed E-state index contributed by atoms with van der Waals surface area (Å²) in [5.74, 6) is 1.15. The van der Waals surface area contributed by atoms with Crippen LogP contribution in [0.25, 0.3) is 0 Å². The Morgan fingerprint density at radius 2 is 1.94 bits per heavy atom. The third kappa shape index (κ3) is 5.21. The average molecular weight is 238 g/mol. The Labute approximate surface area is 101 Å². The number of benzene rings is 1. The first-order valence-electron chi connectivity index (χ1n) is 5.40. The highest BCUT2D eigenvalue weighted by molar-refractivity contribution is 7.99. The van der Waals surface area contributed by atoms with Crippen molar-refractivity contribution >= 4 is 17.7 Å². The van der Waals surface area contributed by atoms with Crippen molar-refractivity contribution in [1.29, 1.82) is 0 Å². The van der Waals surface area contributed by atoms with Gasteiger partial charge in [0.15, 0.2) is 0 Å². The summed E-state index contributed by atoms with van der Waals surface area (Å²) in [6, 6.07) is 8.36. The molecule has 0 aliphatic rings. The second-order valence-corrected chi connectivity index (χ2v) is 5.00. The summed E-state index contributed by atoms with van der Waals surface area (Å²) in [6.45, 7) is 5.79. The van der Waals surface area contributed by atoms with Crippen molar-refractivity contribution in [3.63, 3.8) is 0 Å². The van der Waals surface area contributed by atoms with E-state index in [1.54, 1.807) is 11.8 Å². The minimum absolute atomic E-state index is 0.0209. The highest BCUT2D eigenvalue weighted by Crippen LogP contribution is 2.13. The van der Waals surface area contributed by atoms with E-state index in [2.05, 4.69) is 31.2 Å². The number of carbonyl (C=O) groups excluding carboxylic acids is 1. The molecule has 0 saturated heterocycles. The summed E-state index contributed by atoms with van der Waals surface area (Å²) in [7, 11) is 0. The number of hydrogen-bond acceptors (Lipinski definition) is 3. The van der Waals surface area contributed by atoms with Crippen molar-refractivity contribution in [2.75, 3.05) is 5.75 Å². The van der Waals surface area contributed by atoms with Crippen LogP contribution in [0.2, 0.25) is 0 Å². The van der Waals surface area contributed by atoms with Gasteiger partial charge in [-0.05, 0) is 26.3 Å². The predicted molar refractivity (Wildman–Crippen MR) is 68.6 cm³/mol. The Morgan fingerprint density at radius 1 is 1.31 bits per heavy atom. The van der Waals surface area contributed by atoms with Crippen molar-refractivity contribution in [3.05, 3.63) is 35.4 Å². The molecule has 88 valence electrons. The fourth-order valence-electron chi connectivity index (χ4n) is 1.23. The number of carbonyl (C=O) groups is 1. The SMILES string of the molecule is Cc1ccc(CSCC(=O)OC(C)C)cc1. The first kappa shape index (κ1) is 13.1. The summed E-state index contributed by atoms with van der Waals surface area (Å²) >= 11 is 1.59. The van der Waals surface area contributed by atoms with Gasteiger partial charge in [-0.1, -0.05) is 29.8 Å². The van der Waals surface area contributed by atoms with Gasteiger partial charge in [-0.15, -0.1) is 11.8 Å². The van der Waals surface area contributed by atoms with E-state index in [4.69, 9.17) is 4.74 Å². The van der Waals surface area contributed by atoms with Crippen LogP contribution in [0.5, 0.6) is 0 Å². The molecule has 0 bridgehead atoms. The molecule has 0 radical (unpaired) electrons. The lowest BCUT2D eigenvalue weighted by Crippen LogP contribution is -2.13. The standard InChI is InChI=1S/C13H18O2S/c1-10(2)15-13(14)9-16-8-12-6-4-11(3)5-7-12/h4-7,10H,8-9H2,1-3H3. The quantitative estimate of drug-likeness (QED) is 0.737. The van der Waals surface area contributed by atoms with E-state index in [1.165, 1.54) is 11.1 Å². The van der Waals surface area contributed by atoms with E-state index in [-0.39, 0.29) is 12.1 Å². The van der Waals surface area contributed by atoms with Crippen molar-refractivity contribution in [2.45, 2.75) is 32.6 Å². The van der Waals surface area contributed by atoms with Gasteiger partial charge in [-0.3, -0.25) is 4.79 Å². The Kier molecular flexibility index (Phi) is 5.39. The number of ether oxygens (including phenoxy) is 1. The highest BCUT2D eigenvalue weighted by atomic mass is 32.2. The van der Waals surface area contributed by atoms with Crippen molar-refractivity contribution < 1.29 is 9.53 Å². The fraction of sp³-hybridized carbons (Fsp3) is 0.462. The molecule has 0 unspecified atom stereocenters. The molecule has 0 aromatic heterocycles. The fourth-order valence-corrected chi connectivity index (χ4v) is 2.00. The molecular weight excluding hydrogens is 220 g/mol. The van der Waals surface area contributed by atoms with E-state index in [0.717, 1.165) is 5.75 Å². The highest BCUT2D eigenvalue weighted by Gasteiger charge is 2.05. The van der Waals surface area contributed by atoms with Crippen LogP contribution in [0.3, 0.4) is 0 Å². The molecule has 0 N–H and O–H groups in total. The molecule has 0 aliphatic carbocycles. The Balaban J connectivity index is 2.25. The molecule has 2 nitrogen and oxygen atoms in total. The van der Waals surface area contributed by atoms with Crippen molar-refractivity contribution in [3.8, 4) is 0 Å². The van der Waals surface area contributed by atoms with Gasteiger partial charge in [-0.2, -0.15) is 0 Å². The van der Waals surface area contributed by atoms with E-state index < -0.39 is 0 Å². The molecule has 0 atom stereocenters. The molecule has 0 saturated carbocycles. The summed E-state index contributed by atoms with van der Waals surface area (Å²) in [5.41, 5.74) is 2.50. The van der Waals surface area contributed by atoms with Gasteiger partial charge in [-0.25, -0.2) is 0 Å². The van der Waals surface area contributed by atoms with Crippen LogP contribution in [0.15, 0.2) is 24.3 Å². The van der Waals surface area contributed by atoms with Crippen LogP contribution in [-0.4, -0.2) is 17.8 Å². The molecule has 0 fully saturated rings. The monoisotopic (exact) mass is 238 g/mol. The molecule has 3 heteroatoms. The molecule has 1 rings (SSSR count). The maximum atomic E-state index is 11.3. The van der Waals surface area contributed by atoms with E-state index in [0.29, 0.717) is 5.75 Å². The predicted octanol–water partition coefficient (Wildman–Crippen LogP) is 3.18. The Hall–Kier alpha value is -0.960. The average Bonchev–Trinajstić information content (AvgIpc) is 2.20. The van der Waals surface area contributed by atoms with Gasteiger partial charge in [0.05, 0.1) is 11.9 Å². The number of aryl methyl sites for hydroxylation is 1. The van der Waals surface area contributed by atoms with Gasteiger partial charge >= 0.3 is 5.97 Å². The molecule has 1 aromatic carbocycles. The second-order valence-electron chi connectivity index (χ2n) is 4.02. The van der Waals surface area contributed by atoms with Crippen LogP contribution < -0.4 is 0 Å². The number of thioether (sulfide) groups is 1. The van der Waals surface area contributed by atoms with E-state index >= 15 is 0 Å². The summed E-state index contributed by atoms with van der Waals surface area (Å²) in [6.07, 6.45) is -0.0209. The topological polar surface area (TPSA) is 26.3 Å². The normalized spacial score (nSPS) is 10.5. The van der Waals surface area contributed by atoms with E-state index in [9.17, 15) is 4.79 Å². The van der Waals surface area contributed by atoms with Crippen LogP contribution in [0.1, 0.15) is 25.0 Å². The third-order valence-corrected chi connectivity index (χ3v) is 2.95. The minimum atomic E-state index is -0.132. The molecule has 16 heavy (non-hydrogen) atoms. The number of esters is 1. The smallest absolute Gasteiger partial charge is 0.316 e. The second kappa shape index (κ2) is 6.59. The summed E-state index contributed by atoms with van der Waals surface area (Å²) in [5, 5.41) is 0. The zero-order valence-corrected chi connectivity index (χ0v) is 10.8. The molecule has 1 aromatic rings. The summed E-state index contributed by atoms with van der Waals surface area (Å²) < 4.78 is 5.05. The van der Waals surface area contributed by atoms with Crippen LogP contribution in [0.4, 0.5) is 0 Å². The lowest BCUT2D eigenvalue weighted by Gasteiger charge is -2.07. The molecule has 0 heterocycles. The minimum Gasteiger partial charge on any atom is -0.462 e. The van der Waals surface area contributed by atoms with Crippen LogP contribution in [-0.2, 0) is 15.3 Å². The van der Waals surface area contributed by atoms with Crippen LogP contribution in [0, 0.1) is 6.92 Å². The Morgan fingerprint density at radius 3 is 2.50 bits per heavy atom. The van der Waals surface area contributed by atoms with E-state index in [1.807, 2.05) is 13.8 Å². The number of rotatable bonds is 5. The molecule has 0 amide bonds. The molecular formula is C13H18O2S. The first-order valence-corrected chi connectivity index (χ1v) is 6.56. The zero-order valence-electron chi connectivity index (χ0n) is 10.0. The summed E-state index contributed by atoms with van der Waals surface area (Å²) in [4.78, 5) is 11.3. The van der Waals surface area contributed by atoms with Gasteiger partial charge < -0.3 is 4.74 Å². The zero-order chi connectivity index (χ0) is 12.0. The van der Waals surface area contributed by atoms with Crippen molar-refractivity contribution in [1.82, 2.24) is 0 Å². The lowest BCUT2D eigenvalue weighted by atomic mass is 10.2. The lowest BCUT2D eigenvalue weighted by molar-refractivity contribution is -0.144. The molecule has 0 spiro atoms. The maximum Gasteiger partial charge on any atom is 0.316 e. The first-order chi connectivity index (χ1) is 7.58.